The van der Waals surface area contributed by atoms with Gasteiger partial charge >= 0.3 is 0 Å². The quantitative estimate of drug-likeness (QED) is 0.750. The third-order valence-corrected chi connectivity index (χ3v) is 2.76. The first-order valence-corrected chi connectivity index (χ1v) is 5.41. The number of hydrogen-bond donors (Lipinski definition) is 0. The fraction of sp³-hybridized carbons (Fsp3) is 0.214. The second-order valence-corrected chi connectivity index (χ2v) is 3.88. The maximum atomic E-state index is 9.02. The van der Waals surface area contributed by atoms with Gasteiger partial charge in [0.15, 0.2) is 0 Å². The van der Waals surface area contributed by atoms with Crippen molar-refractivity contribution in [2.45, 2.75) is 13.0 Å². The van der Waals surface area contributed by atoms with Crippen LogP contribution in [0.2, 0.25) is 0 Å². The van der Waals surface area contributed by atoms with Crippen molar-refractivity contribution in [1.82, 2.24) is 0 Å². The Morgan fingerprint density at radius 1 is 1.25 bits per heavy atom. The number of nitrogens with zero attached hydrogens (tertiary/aromatic N) is 2. The first-order valence-electron chi connectivity index (χ1n) is 5.41. The van der Waals surface area contributed by atoms with Crippen molar-refractivity contribution in [3.8, 4) is 6.07 Å². The molecule has 1 aromatic rings. The first kappa shape index (κ1) is 10.5. The molecule has 0 saturated heterocycles. The summed E-state index contributed by atoms with van der Waals surface area (Å²) in [5, 5.41) is 9.02. The zero-order valence-corrected chi connectivity index (χ0v) is 9.25. The molecule has 0 radical (unpaired) electrons. The molecule has 0 bridgehead atoms. The fourth-order valence-corrected chi connectivity index (χ4v) is 1.85. The Bertz CT molecular complexity index is 440. The minimum atomic E-state index is -0.0265. The molecular formula is C14H14N2. The number of nitriles is 1. The third kappa shape index (κ3) is 1.99. The van der Waals surface area contributed by atoms with Crippen LogP contribution in [0, 0.1) is 17.2 Å². The topological polar surface area (TPSA) is 27.0 Å². The number of rotatable bonds is 2. The van der Waals surface area contributed by atoms with Crippen LogP contribution in [0.1, 0.15) is 6.92 Å². The summed E-state index contributed by atoms with van der Waals surface area (Å²) in [6.07, 6.45) is 8.08. The van der Waals surface area contributed by atoms with Crippen molar-refractivity contribution in [2.75, 3.05) is 4.90 Å². The van der Waals surface area contributed by atoms with Gasteiger partial charge in [-0.1, -0.05) is 30.4 Å². The van der Waals surface area contributed by atoms with Crippen LogP contribution in [0.3, 0.4) is 0 Å². The Kier molecular flexibility index (Phi) is 3.07. The predicted molar refractivity (Wildman–Crippen MR) is 65.8 cm³/mol. The van der Waals surface area contributed by atoms with Crippen LogP contribution in [0.15, 0.2) is 54.8 Å². The lowest BCUT2D eigenvalue weighted by atomic mass is 9.99. The lowest BCUT2D eigenvalue weighted by molar-refractivity contribution is 0.620. The summed E-state index contributed by atoms with van der Waals surface area (Å²) in [7, 11) is 0. The maximum absolute atomic E-state index is 9.02. The van der Waals surface area contributed by atoms with E-state index in [-0.39, 0.29) is 12.0 Å². The van der Waals surface area contributed by atoms with Gasteiger partial charge in [0.25, 0.3) is 0 Å². The monoisotopic (exact) mass is 210 g/mol. The van der Waals surface area contributed by atoms with Crippen molar-refractivity contribution in [1.29, 1.82) is 5.26 Å². The molecular weight excluding hydrogens is 196 g/mol. The van der Waals surface area contributed by atoms with Crippen LogP contribution >= 0.6 is 0 Å². The first-order chi connectivity index (χ1) is 7.83. The molecule has 0 amide bonds. The second kappa shape index (κ2) is 4.67. The lowest BCUT2D eigenvalue weighted by Crippen LogP contribution is -2.35. The number of anilines is 1. The number of benzene rings is 1. The molecule has 1 aliphatic rings. The number of hydrogen-bond acceptors (Lipinski definition) is 2. The summed E-state index contributed by atoms with van der Waals surface area (Å²) in [4.78, 5) is 2.13. The molecule has 0 fully saturated rings. The van der Waals surface area contributed by atoms with Gasteiger partial charge in [0.05, 0.1) is 18.0 Å². The molecule has 0 aromatic heterocycles. The van der Waals surface area contributed by atoms with Gasteiger partial charge < -0.3 is 4.90 Å². The molecule has 2 unspecified atom stereocenters. The third-order valence-electron chi connectivity index (χ3n) is 2.76. The Hall–Kier alpha value is -2.01. The molecule has 80 valence electrons. The molecule has 2 atom stereocenters. The molecule has 2 rings (SSSR count). The van der Waals surface area contributed by atoms with Crippen LogP contribution in [0.5, 0.6) is 0 Å². The summed E-state index contributed by atoms with van der Waals surface area (Å²) >= 11 is 0. The van der Waals surface area contributed by atoms with E-state index in [0.29, 0.717) is 0 Å². The molecule has 2 heteroatoms. The van der Waals surface area contributed by atoms with Crippen LogP contribution < -0.4 is 4.90 Å². The van der Waals surface area contributed by atoms with Gasteiger partial charge in [-0.05, 0) is 25.1 Å². The van der Waals surface area contributed by atoms with Gasteiger partial charge in [-0.2, -0.15) is 5.26 Å². The van der Waals surface area contributed by atoms with Crippen LogP contribution in [-0.2, 0) is 0 Å². The normalized spacial score (nSPS) is 20.5. The highest BCUT2D eigenvalue weighted by molar-refractivity contribution is 5.53. The Morgan fingerprint density at radius 3 is 2.69 bits per heavy atom. The Morgan fingerprint density at radius 2 is 2.00 bits per heavy atom. The molecule has 0 N–H and O–H groups in total. The van der Waals surface area contributed by atoms with Gasteiger partial charge in [-0.25, -0.2) is 0 Å². The molecule has 2 nitrogen and oxygen atoms in total. The average Bonchev–Trinajstić information content (AvgIpc) is 2.39. The lowest BCUT2D eigenvalue weighted by Gasteiger charge is -2.31. The molecule has 0 aliphatic carbocycles. The summed E-state index contributed by atoms with van der Waals surface area (Å²) in [6.45, 7) is 1.95. The van der Waals surface area contributed by atoms with Crippen LogP contribution in [0.4, 0.5) is 5.69 Å². The molecule has 0 spiro atoms. The number of allylic oxidation sites excluding steroid dienone is 2. The highest BCUT2D eigenvalue weighted by Crippen LogP contribution is 2.24. The van der Waals surface area contributed by atoms with Crippen LogP contribution in [0.25, 0.3) is 0 Å². The van der Waals surface area contributed by atoms with Gasteiger partial charge in [0.2, 0.25) is 0 Å². The Labute approximate surface area is 96.1 Å². The summed E-state index contributed by atoms with van der Waals surface area (Å²) in [6, 6.07) is 12.6. The Balaban J connectivity index is 2.29. The van der Waals surface area contributed by atoms with E-state index >= 15 is 0 Å². The maximum Gasteiger partial charge on any atom is 0.0678 e. The highest BCUT2D eigenvalue weighted by Gasteiger charge is 2.21. The van der Waals surface area contributed by atoms with E-state index in [2.05, 4.69) is 29.2 Å². The van der Waals surface area contributed by atoms with Crippen molar-refractivity contribution < 1.29 is 0 Å². The smallest absolute Gasteiger partial charge is 0.0678 e. The standard InChI is InChI=1S/C14H14N2/c1-12(11-15)14-9-5-6-10-16(14)13-7-3-2-4-8-13/h2-10,12,14H,1H3. The average molecular weight is 210 g/mol. The van der Waals surface area contributed by atoms with E-state index in [1.165, 1.54) is 0 Å². The molecule has 1 aliphatic heterocycles. The highest BCUT2D eigenvalue weighted by atomic mass is 15.1. The van der Waals surface area contributed by atoms with E-state index < -0.39 is 0 Å². The van der Waals surface area contributed by atoms with Crippen molar-refractivity contribution in [3.63, 3.8) is 0 Å². The molecule has 1 heterocycles. The van der Waals surface area contributed by atoms with Crippen molar-refractivity contribution in [3.05, 3.63) is 54.8 Å². The van der Waals surface area contributed by atoms with Gasteiger partial charge in [0.1, 0.15) is 0 Å². The minimum Gasteiger partial charge on any atom is -0.340 e. The van der Waals surface area contributed by atoms with E-state index in [1.54, 1.807) is 0 Å². The summed E-state index contributed by atoms with van der Waals surface area (Å²) in [5.74, 6) is -0.0265. The second-order valence-electron chi connectivity index (χ2n) is 3.88. The van der Waals surface area contributed by atoms with Gasteiger partial charge in [0, 0.05) is 11.9 Å². The van der Waals surface area contributed by atoms with E-state index in [1.807, 2.05) is 43.5 Å². The van der Waals surface area contributed by atoms with Gasteiger partial charge in [-0.15, -0.1) is 0 Å². The zero-order valence-electron chi connectivity index (χ0n) is 9.25. The summed E-state index contributed by atoms with van der Waals surface area (Å²) < 4.78 is 0. The molecule has 16 heavy (non-hydrogen) atoms. The fourth-order valence-electron chi connectivity index (χ4n) is 1.85. The predicted octanol–water partition coefficient (Wildman–Crippen LogP) is 3.10. The SMILES string of the molecule is CC(C#N)C1C=CC=CN1c1ccccc1. The van der Waals surface area contributed by atoms with E-state index in [0.717, 1.165) is 5.69 Å². The van der Waals surface area contributed by atoms with E-state index in [9.17, 15) is 0 Å². The molecule has 0 saturated carbocycles. The van der Waals surface area contributed by atoms with Crippen molar-refractivity contribution >= 4 is 5.69 Å². The zero-order chi connectivity index (χ0) is 11.4. The minimum absolute atomic E-state index is 0.0265. The van der Waals surface area contributed by atoms with Gasteiger partial charge in [-0.3, -0.25) is 0 Å². The summed E-state index contributed by atoms with van der Waals surface area (Å²) in [5.41, 5.74) is 1.12. The largest absolute Gasteiger partial charge is 0.340 e. The molecule has 1 aromatic carbocycles. The number of para-hydroxylation sites is 1. The van der Waals surface area contributed by atoms with Crippen molar-refractivity contribution in [2.24, 2.45) is 5.92 Å². The van der Waals surface area contributed by atoms with E-state index in [4.69, 9.17) is 5.26 Å². The van der Waals surface area contributed by atoms with Crippen LogP contribution in [-0.4, -0.2) is 6.04 Å².